The number of ether oxygens (including phenoxy) is 2. The van der Waals surface area contributed by atoms with E-state index >= 15 is 0 Å². The molecule has 190 valence electrons. The molecule has 0 aliphatic carbocycles. The van der Waals surface area contributed by atoms with E-state index < -0.39 is 22.5 Å². The normalized spacial score (nSPS) is 11.6. The van der Waals surface area contributed by atoms with E-state index in [9.17, 15) is 13.2 Å². The Morgan fingerprint density at radius 3 is 2.47 bits per heavy atom. The average Bonchev–Trinajstić information content (AvgIpc) is 2.88. The molecule has 0 aliphatic rings. The van der Waals surface area contributed by atoms with Crippen LogP contribution in [-0.4, -0.2) is 52.2 Å². The van der Waals surface area contributed by atoms with Crippen LogP contribution >= 0.6 is 23.2 Å². The van der Waals surface area contributed by atoms with Gasteiger partial charge in [0.25, 0.3) is 5.91 Å². The van der Waals surface area contributed by atoms with Gasteiger partial charge in [0.1, 0.15) is 4.90 Å². The first-order valence-corrected chi connectivity index (χ1v) is 13.0. The molecular weight excluding hydrogens is 525 g/mol. The molecule has 0 heterocycles. The lowest BCUT2D eigenvalue weighted by Gasteiger charge is -2.22. The number of nitrogens with zero attached hydrogens (tertiary/aromatic N) is 2. The fraction of sp³-hybridized carbons (Fsp3) is 0.200. The van der Waals surface area contributed by atoms with E-state index in [4.69, 9.17) is 32.7 Å². The number of carbonyl (C=O) groups excluding carboxylic acids is 1. The van der Waals surface area contributed by atoms with E-state index in [1.807, 2.05) is 30.3 Å². The van der Waals surface area contributed by atoms with Crippen molar-refractivity contribution < 1.29 is 22.7 Å². The number of benzene rings is 3. The molecule has 11 heteroatoms. The van der Waals surface area contributed by atoms with Gasteiger partial charge in [-0.15, -0.1) is 0 Å². The van der Waals surface area contributed by atoms with Crippen LogP contribution < -0.4 is 14.9 Å². The van der Waals surface area contributed by atoms with Gasteiger partial charge in [-0.25, -0.2) is 13.8 Å². The van der Waals surface area contributed by atoms with Crippen LogP contribution in [0.15, 0.2) is 76.7 Å². The second-order valence-corrected chi connectivity index (χ2v) is 10.3. The summed E-state index contributed by atoms with van der Waals surface area (Å²) in [6.45, 7) is -0.444. The van der Waals surface area contributed by atoms with E-state index in [0.29, 0.717) is 23.5 Å². The summed E-state index contributed by atoms with van der Waals surface area (Å²) >= 11 is 12.2. The fourth-order valence-electron chi connectivity index (χ4n) is 3.38. The zero-order valence-corrected chi connectivity index (χ0v) is 22.0. The predicted molar refractivity (Wildman–Crippen MR) is 141 cm³/mol. The highest BCUT2D eigenvalue weighted by Crippen LogP contribution is 2.30. The van der Waals surface area contributed by atoms with Crippen LogP contribution in [-0.2, 0) is 21.2 Å². The van der Waals surface area contributed by atoms with E-state index in [1.165, 1.54) is 38.6 Å². The van der Waals surface area contributed by atoms with Crippen molar-refractivity contribution in [2.75, 3.05) is 27.3 Å². The van der Waals surface area contributed by atoms with Gasteiger partial charge in [-0.2, -0.15) is 9.41 Å². The largest absolute Gasteiger partial charge is 0.493 e. The number of hydrazone groups is 1. The molecule has 0 saturated heterocycles. The Labute approximate surface area is 220 Å². The number of halogens is 2. The van der Waals surface area contributed by atoms with Gasteiger partial charge in [-0.1, -0.05) is 59.6 Å². The number of nitrogens with one attached hydrogen (secondary N) is 1. The molecule has 0 atom stereocenters. The molecule has 1 amide bonds. The smallest absolute Gasteiger partial charge is 0.255 e. The fourth-order valence-corrected chi connectivity index (χ4v) is 5.51. The first-order chi connectivity index (χ1) is 17.3. The summed E-state index contributed by atoms with van der Waals surface area (Å²) in [6.07, 6.45) is 1.77. The van der Waals surface area contributed by atoms with Crippen molar-refractivity contribution in [2.45, 2.75) is 11.3 Å². The minimum Gasteiger partial charge on any atom is -0.493 e. The zero-order valence-electron chi connectivity index (χ0n) is 19.6. The third-order valence-electron chi connectivity index (χ3n) is 5.15. The topological polar surface area (TPSA) is 97.3 Å². The Morgan fingerprint density at radius 2 is 1.78 bits per heavy atom. The highest BCUT2D eigenvalue weighted by molar-refractivity contribution is 7.89. The molecule has 36 heavy (non-hydrogen) atoms. The van der Waals surface area contributed by atoms with Gasteiger partial charge < -0.3 is 9.47 Å². The number of sulfonamides is 1. The number of methoxy groups -OCH3 is 2. The number of hydrogen-bond donors (Lipinski definition) is 1. The summed E-state index contributed by atoms with van der Waals surface area (Å²) in [5.74, 6) is 0.313. The van der Waals surface area contributed by atoms with Crippen molar-refractivity contribution in [3.63, 3.8) is 0 Å². The maximum Gasteiger partial charge on any atom is 0.255 e. The molecular formula is C25H25Cl2N3O5S. The Morgan fingerprint density at radius 1 is 1.03 bits per heavy atom. The molecule has 0 radical (unpaired) electrons. The molecule has 0 fully saturated rings. The van der Waals surface area contributed by atoms with Crippen molar-refractivity contribution in [2.24, 2.45) is 5.10 Å². The summed E-state index contributed by atoms with van der Waals surface area (Å²) in [5.41, 5.74) is 3.85. The van der Waals surface area contributed by atoms with Crippen LogP contribution in [0.25, 0.3) is 0 Å². The predicted octanol–water partition coefficient (Wildman–Crippen LogP) is 4.39. The molecule has 0 spiro atoms. The van der Waals surface area contributed by atoms with Gasteiger partial charge in [-0.3, -0.25) is 4.79 Å². The highest BCUT2D eigenvalue weighted by atomic mass is 35.5. The quantitative estimate of drug-likeness (QED) is 0.282. The molecule has 1 N–H and O–H groups in total. The molecule has 3 rings (SSSR count). The standard InChI is InChI=1S/C25H25Cl2N3O5S/c1-34-22-10-6-9-19(25(22)35-2)16-28-29-24(31)17-30(14-13-18-7-4-3-5-8-18)36(32,33)23-15-20(26)11-12-21(23)27/h3-12,15-16H,13-14,17H2,1-2H3,(H,29,31)/b28-16-. The first-order valence-electron chi connectivity index (χ1n) is 10.8. The monoisotopic (exact) mass is 549 g/mol. The summed E-state index contributed by atoms with van der Waals surface area (Å²) in [5, 5.41) is 4.17. The third kappa shape index (κ3) is 6.98. The van der Waals surface area contributed by atoms with Crippen LogP contribution in [0.2, 0.25) is 10.0 Å². The second kappa shape index (κ2) is 12.7. The summed E-state index contributed by atoms with van der Waals surface area (Å²) in [7, 11) is -1.15. The lowest BCUT2D eigenvalue weighted by molar-refractivity contribution is -0.121. The van der Waals surface area contributed by atoms with E-state index in [2.05, 4.69) is 10.5 Å². The molecule has 0 saturated carbocycles. The van der Waals surface area contributed by atoms with Gasteiger partial charge in [0, 0.05) is 17.1 Å². The lowest BCUT2D eigenvalue weighted by atomic mass is 10.1. The summed E-state index contributed by atoms with van der Waals surface area (Å²) < 4.78 is 38.5. The number of carbonyl (C=O) groups is 1. The van der Waals surface area contributed by atoms with E-state index in [1.54, 1.807) is 18.2 Å². The number of para-hydroxylation sites is 1. The van der Waals surface area contributed by atoms with Crippen molar-refractivity contribution in [3.8, 4) is 11.5 Å². The van der Waals surface area contributed by atoms with Crippen molar-refractivity contribution in [3.05, 3.63) is 87.9 Å². The molecule has 8 nitrogen and oxygen atoms in total. The lowest BCUT2D eigenvalue weighted by Crippen LogP contribution is -2.40. The Bertz CT molecular complexity index is 1330. The molecule has 0 unspecified atom stereocenters. The molecule has 0 aliphatic heterocycles. The van der Waals surface area contributed by atoms with Crippen molar-refractivity contribution in [1.29, 1.82) is 0 Å². The van der Waals surface area contributed by atoms with Gasteiger partial charge in [0.05, 0.1) is 32.0 Å². The van der Waals surface area contributed by atoms with Gasteiger partial charge >= 0.3 is 0 Å². The average molecular weight is 550 g/mol. The van der Waals surface area contributed by atoms with E-state index in [-0.39, 0.29) is 21.5 Å². The SMILES string of the molecule is COc1cccc(/C=N\NC(=O)CN(CCc2ccccc2)S(=O)(=O)c2cc(Cl)ccc2Cl)c1OC. The summed E-state index contributed by atoms with van der Waals surface area (Å²) in [6, 6.07) is 18.7. The van der Waals surface area contributed by atoms with Crippen LogP contribution in [0.5, 0.6) is 11.5 Å². The summed E-state index contributed by atoms with van der Waals surface area (Å²) in [4.78, 5) is 12.5. The Balaban J connectivity index is 1.80. The van der Waals surface area contributed by atoms with Crippen LogP contribution in [0.3, 0.4) is 0 Å². The van der Waals surface area contributed by atoms with Gasteiger partial charge in [0.15, 0.2) is 11.5 Å². The van der Waals surface area contributed by atoms with Crippen LogP contribution in [0.1, 0.15) is 11.1 Å². The number of amides is 1. The molecule has 3 aromatic rings. The zero-order chi connectivity index (χ0) is 26.1. The highest BCUT2D eigenvalue weighted by Gasteiger charge is 2.29. The van der Waals surface area contributed by atoms with Crippen LogP contribution in [0.4, 0.5) is 0 Å². The van der Waals surface area contributed by atoms with Gasteiger partial charge in [-0.05, 0) is 42.3 Å². The second-order valence-electron chi connectivity index (χ2n) is 7.52. The Hall–Kier alpha value is -3.11. The van der Waals surface area contributed by atoms with Gasteiger partial charge in [0.2, 0.25) is 10.0 Å². The minimum atomic E-state index is -4.15. The van der Waals surface area contributed by atoms with E-state index in [0.717, 1.165) is 9.87 Å². The van der Waals surface area contributed by atoms with Crippen molar-refractivity contribution >= 4 is 45.3 Å². The van der Waals surface area contributed by atoms with Crippen LogP contribution in [0, 0.1) is 0 Å². The minimum absolute atomic E-state index is 0.00709. The number of hydrogen-bond acceptors (Lipinski definition) is 6. The Kier molecular flexibility index (Phi) is 9.72. The molecule has 0 aromatic heterocycles. The number of rotatable bonds is 11. The maximum atomic E-state index is 13.4. The third-order valence-corrected chi connectivity index (χ3v) is 7.71. The first kappa shape index (κ1) is 27.5. The molecule has 0 bridgehead atoms. The molecule has 3 aromatic carbocycles. The van der Waals surface area contributed by atoms with Crippen molar-refractivity contribution in [1.82, 2.24) is 9.73 Å². The maximum absolute atomic E-state index is 13.4.